The molecule has 0 saturated carbocycles. The molecule has 3 aromatic heterocycles. The standard InChI is InChI=1S/C59H33N5/c1-3-13-36-32-60-53(30-34(36)11-1)58-62-57(63-59(64-58)54-31-35-12-2-4-14-37(35)33-61-54)40-28-38(41-23-25-51-45-17-7-5-15-43(45)49-21-9-19-47(41)55(49)51)27-39(29-40)42-24-26-52-46-18-8-6-16-44(46)50-22-10-20-48(42)56(50)52/h1-33H. The molecule has 14 rings (SSSR count). The van der Waals surface area contributed by atoms with Gasteiger partial charge >= 0.3 is 0 Å². The molecule has 5 heteroatoms. The summed E-state index contributed by atoms with van der Waals surface area (Å²) < 4.78 is 0. The largest absolute Gasteiger partial charge is 0.252 e. The van der Waals surface area contributed by atoms with Crippen LogP contribution in [0.5, 0.6) is 0 Å². The highest BCUT2D eigenvalue weighted by molar-refractivity contribution is 6.20. The molecule has 0 bridgehead atoms. The second-order valence-corrected chi connectivity index (χ2v) is 16.8. The van der Waals surface area contributed by atoms with Crippen LogP contribution >= 0.6 is 0 Å². The van der Waals surface area contributed by atoms with Crippen LogP contribution in [0.25, 0.3) is 144 Å². The maximum atomic E-state index is 5.28. The summed E-state index contributed by atoms with van der Waals surface area (Å²) in [6, 6.07) is 67.5. The first-order valence-electron chi connectivity index (χ1n) is 21.6. The molecule has 0 spiro atoms. The molecule has 2 aliphatic carbocycles. The van der Waals surface area contributed by atoms with Gasteiger partial charge in [0, 0.05) is 28.7 Å². The highest BCUT2D eigenvalue weighted by atomic mass is 15.1. The van der Waals surface area contributed by atoms with Crippen LogP contribution in [0.4, 0.5) is 0 Å². The van der Waals surface area contributed by atoms with E-state index in [9.17, 15) is 0 Å². The molecule has 64 heavy (non-hydrogen) atoms. The molecule has 0 saturated heterocycles. The Hall–Kier alpha value is -8.67. The van der Waals surface area contributed by atoms with Gasteiger partial charge in [0.05, 0.1) is 0 Å². The minimum atomic E-state index is 0.485. The van der Waals surface area contributed by atoms with E-state index in [0.717, 1.165) is 49.4 Å². The molecule has 0 aliphatic heterocycles. The number of aromatic nitrogens is 5. The first-order chi connectivity index (χ1) is 31.7. The Morgan fingerprint density at radius 2 is 0.609 bits per heavy atom. The molecule has 0 radical (unpaired) electrons. The lowest BCUT2D eigenvalue weighted by Crippen LogP contribution is -2.02. The maximum Gasteiger partial charge on any atom is 0.182 e. The molecule has 0 N–H and O–H groups in total. The van der Waals surface area contributed by atoms with Crippen molar-refractivity contribution in [3.8, 4) is 101 Å². The van der Waals surface area contributed by atoms with Gasteiger partial charge in [-0.05, 0) is 129 Å². The second kappa shape index (κ2) is 13.4. The van der Waals surface area contributed by atoms with Crippen molar-refractivity contribution >= 4 is 43.1 Å². The van der Waals surface area contributed by atoms with Crippen molar-refractivity contribution in [1.82, 2.24) is 24.9 Å². The predicted molar refractivity (Wildman–Crippen MR) is 261 cm³/mol. The van der Waals surface area contributed by atoms with Gasteiger partial charge in [-0.2, -0.15) is 0 Å². The molecule has 12 aromatic rings. The Kier molecular flexibility index (Phi) is 7.33. The lowest BCUT2D eigenvalue weighted by Gasteiger charge is -2.16. The predicted octanol–water partition coefficient (Wildman–Crippen LogP) is 14.9. The number of nitrogens with zero attached hydrogens (tertiary/aromatic N) is 5. The summed E-state index contributed by atoms with van der Waals surface area (Å²) in [5, 5.41) is 9.22. The summed E-state index contributed by atoms with van der Waals surface area (Å²) in [5.74, 6) is 1.52. The SMILES string of the molecule is c1ccc2c(c1)-c1cccc3c(-c4cc(-c5nc(-c6cc7ccccc7cn6)nc(-c6cc7ccccc7cn6)n5)cc(-c5ccc6c7c(cccc57)-c5ccccc5-6)c4)ccc-2c13. The normalized spacial score (nSPS) is 12.1. The van der Waals surface area contributed by atoms with Crippen molar-refractivity contribution in [2.75, 3.05) is 0 Å². The van der Waals surface area contributed by atoms with E-state index in [2.05, 4.69) is 164 Å². The minimum absolute atomic E-state index is 0.485. The molecule has 0 fully saturated rings. The van der Waals surface area contributed by atoms with Crippen LogP contribution in [0, 0.1) is 0 Å². The zero-order valence-electron chi connectivity index (χ0n) is 34.3. The summed E-state index contributed by atoms with van der Waals surface area (Å²) >= 11 is 0. The molecule has 0 amide bonds. The fourth-order valence-corrected chi connectivity index (χ4v) is 10.3. The third kappa shape index (κ3) is 5.22. The Labute approximate surface area is 368 Å². The molecular weight excluding hydrogens is 779 g/mol. The number of pyridine rings is 2. The van der Waals surface area contributed by atoms with Gasteiger partial charge in [0.2, 0.25) is 0 Å². The van der Waals surface area contributed by atoms with Gasteiger partial charge in [-0.1, -0.05) is 158 Å². The average molecular weight is 812 g/mol. The zero-order valence-corrected chi connectivity index (χ0v) is 34.3. The average Bonchev–Trinajstić information content (AvgIpc) is 3.87. The van der Waals surface area contributed by atoms with Crippen molar-refractivity contribution in [1.29, 1.82) is 0 Å². The number of hydrogen-bond donors (Lipinski definition) is 0. The maximum absolute atomic E-state index is 5.28. The molecule has 9 aromatic carbocycles. The van der Waals surface area contributed by atoms with E-state index in [1.165, 1.54) is 66.1 Å². The van der Waals surface area contributed by atoms with E-state index < -0.39 is 0 Å². The van der Waals surface area contributed by atoms with Crippen LogP contribution in [-0.4, -0.2) is 24.9 Å². The molecular formula is C59H33N5. The van der Waals surface area contributed by atoms with Crippen LogP contribution in [-0.2, 0) is 0 Å². The zero-order chi connectivity index (χ0) is 41.9. The van der Waals surface area contributed by atoms with Crippen molar-refractivity contribution in [2.24, 2.45) is 0 Å². The fraction of sp³-hybridized carbons (Fsp3) is 0. The third-order valence-electron chi connectivity index (χ3n) is 13.3. The molecule has 294 valence electrons. The van der Waals surface area contributed by atoms with Crippen LogP contribution < -0.4 is 0 Å². The summed E-state index contributed by atoms with van der Waals surface area (Å²) in [5.41, 5.74) is 16.8. The molecule has 0 unspecified atom stereocenters. The van der Waals surface area contributed by atoms with E-state index in [0.29, 0.717) is 28.9 Å². The minimum Gasteiger partial charge on any atom is -0.252 e. The van der Waals surface area contributed by atoms with Crippen LogP contribution in [0.3, 0.4) is 0 Å². The molecule has 5 nitrogen and oxygen atoms in total. The van der Waals surface area contributed by atoms with E-state index in [-0.39, 0.29) is 0 Å². The summed E-state index contributed by atoms with van der Waals surface area (Å²) in [6.07, 6.45) is 3.78. The Bertz CT molecular complexity index is 3670. The lowest BCUT2D eigenvalue weighted by atomic mass is 9.89. The summed E-state index contributed by atoms with van der Waals surface area (Å²) in [4.78, 5) is 25.5. The van der Waals surface area contributed by atoms with Crippen molar-refractivity contribution in [3.05, 3.63) is 200 Å². The van der Waals surface area contributed by atoms with Gasteiger partial charge in [-0.25, -0.2) is 15.0 Å². The first kappa shape index (κ1) is 35.0. The summed E-state index contributed by atoms with van der Waals surface area (Å²) in [6.45, 7) is 0. The highest BCUT2D eigenvalue weighted by Crippen LogP contribution is 2.52. The lowest BCUT2D eigenvalue weighted by molar-refractivity contribution is 1.05. The Morgan fingerprint density at radius 1 is 0.250 bits per heavy atom. The van der Waals surface area contributed by atoms with Crippen molar-refractivity contribution in [2.45, 2.75) is 0 Å². The van der Waals surface area contributed by atoms with Gasteiger partial charge in [-0.3, -0.25) is 9.97 Å². The summed E-state index contributed by atoms with van der Waals surface area (Å²) in [7, 11) is 0. The number of benzene rings is 9. The number of rotatable bonds is 5. The van der Waals surface area contributed by atoms with E-state index in [1.807, 2.05) is 36.7 Å². The fourth-order valence-electron chi connectivity index (χ4n) is 10.3. The Morgan fingerprint density at radius 3 is 1.08 bits per heavy atom. The van der Waals surface area contributed by atoms with Crippen LogP contribution in [0.15, 0.2) is 200 Å². The van der Waals surface area contributed by atoms with Gasteiger partial charge in [0.25, 0.3) is 0 Å². The van der Waals surface area contributed by atoms with E-state index in [1.54, 1.807) is 0 Å². The van der Waals surface area contributed by atoms with Gasteiger partial charge in [-0.15, -0.1) is 0 Å². The van der Waals surface area contributed by atoms with Gasteiger partial charge < -0.3 is 0 Å². The molecule has 2 aliphatic rings. The van der Waals surface area contributed by atoms with E-state index in [4.69, 9.17) is 24.9 Å². The quantitative estimate of drug-likeness (QED) is 0.173. The third-order valence-corrected chi connectivity index (χ3v) is 13.3. The second-order valence-electron chi connectivity index (χ2n) is 16.8. The van der Waals surface area contributed by atoms with Crippen LogP contribution in [0.1, 0.15) is 0 Å². The monoisotopic (exact) mass is 811 g/mol. The number of fused-ring (bicyclic) bond motifs is 8. The van der Waals surface area contributed by atoms with Gasteiger partial charge in [0.15, 0.2) is 17.5 Å². The van der Waals surface area contributed by atoms with Gasteiger partial charge in [0.1, 0.15) is 11.4 Å². The van der Waals surface area contributed by atoms with Crippen molar-refractivity contribution < 1.29 is 0 Å². The Balaban J connectivity index is 1.04. The smallest absolute Gasteiger partial charge is 0.182 e. The molecule has 0 atom stereocenters. The number of hydrogen-bond acceptors (Lipinski definition) is 5. The molecule has 3 heterocycles. The van der Waals surface area contributed by atoms with E-state index >= 15 is 0 Å². The van der Waals surface area contributed by atoms with Crippen molar-refractivity contribution in [3.63, 3.8) is 0 Å². The topological polar surface area (TPSA) is 64.5 Å². The van der Waals surface area contributed by atoms with Crippen LogP contribution in [0.2, 0.25) is 0 Å². The highest BCUT2D eigenvalue weighted by Gasteiger charge is 2.25. The first-order valence-corrected chi connectivity index (χ1v) is 21.6.